The molecule has 72 valence electrons. The zero-order valence-corrected chi connectivity index (χ0v) is 7.76. The standard InChI is InChI=1S/C8H14O3.H3N/c1-3-5-7(9)6-8(10)11-4-2;/h3-6H2,1-2H3;1H3. The second-order valence-electron chi connectivity index (χ2n) is 2.27. The van der Waals surface area contributed by atoms with Gasteiger partial charge >= 0.3 is 5.97 Å². The molecule has 0 amide bonds. The Bertz CT molecular complexity index is 129. The van der Waals surface area contributed by atoms with Gasteiger partial charge in [-0.05, 0) is 13.3 Å². The van der Waals surface area contributed by atoms with Crippen molar-refractivity contribution >= 4 is 11.8 Å². The Morgan fingerprint density at radius 1 is 1.25 bits per heavy atom. The van der Waals surface area contributed by atoms with E-state index in [4.69, 9.17) is 0 Å². The van der Waals surface area contributed by atoms with Crippen LogP contribution in [0.3, 0.4) is 0 Å². The summed E-state index contributed by atoms with van der Waals surface area (Å²) in [6.07, 6.45) is 1.19. The SMILES string of the molecule is CCCC(=O)CC(=O)OCC.N. The van der Waals surface area contributed by atoms with Gasteiger partial charge in [-0.2, -0.15) is 0 Å². The van der Waals surface area contributed by atoms with Crippen LogP contribution < -0.4 is 6.15 Å². The summed E-state index contributed by atoms with van der Waals surface area (Å²) in [6.45, 7) is 3.98. The van der Waals surface area contributed by atoms with Crippen LogP contribution in [0.15, 0.2) is 0 Å². The van der Waals surface area contributed by atoms with Gasteiger partial charge < -0.3 is 10.9 Å². The second kappa shape index (κ2) is 8.20. The minimum absolute atomic E-state index is 0. The van der Waals surface area contributed by atoms with Crippen molar-refractivity contribution in [2.75, 3.05) is 6.61 Å². The van der Waals surface area contributed by atoms with E-state index in [1.165, 1.54) is 0 Å². The molecule has 0 bridgehead atoms. The van der Waals surface area contributed by atoms with Crippen LogP contribution in [0.4, 0.5) is 0 Å². The number of rotatable bonds is 5. The van der Waals surface area contributed by atoms with E-state index in [0.29, 0.717) is 13.0 Å². The van der Waals surface area contributed by atoms with Crippen molar-refractivity contribution < 1.29 is 14.3 Å². The van der Waals surface area contributed by atoms with E-state index in [9.17, 15) is 9.59 Å². The predicted molar refractivity (Wildman–Crippen MR) is 46.2 cm³/mol. The van der Waals surface area contributed by atoms with Crippen molar-refractivity contribution in [3.05, 3.63) is 0 Å². The number of ketones is 1. The van der Waals surface area contributed by atoms with Crippen LogP contribution >= 0.6 is 0 Å². The third kappa shape index (κ3) is 7.21. The first kappa shape index (κ1) is 13.7. The van der Waals surface area contributed by atoms with Gasteiger partial charge in [0.1, 0.15) is 12.2 Å². The lowest BCUT2D eigenvalue weighted by Crippen LogP contribution is -2.10. The highest BCUT2D eigenvalue weighted by molar-refractivity contribution is 5.95. The molecule has 0 heterocycles. The molecule has 0 aliphatic carbocycles. The summed E-state index contributed by atoms with van der Waals surface area (Å²) in [4.78, 5) is 21.5. The lowest BCUT2D eigenvalue weighted by molar-refractivity contribution is -0.145. The van der Waals surface area contributed by atoms with Gasteiger partial charge in [-0.1, -0.05) is 6.92 Å². The van der Waals surface area contributed by atoms with Crippen molar-refractivity contribution in [2.45, 2.75) is 33.1 Å². The highest BCUT2D eigenvalue weighted by atomic mass is 16.5. The van der Waals surface area contributed by atoms with Crippen LogP contribution in [0, 0.1) is 0 Å². The third-order valence-electron chi connectivity index (χ3n) is 1.18. The molecule has 0 radical (unpaired) electrons. The third-order valence-corrected chi connectivity index (χ3v) is 1.18. The van der Waals surface area contributed by atoms with Crippen LogP contribution in [0.25, 0.3) is 0 Å². The molecule has 0 aliphatic heterocycles. The quantitative estimate of drug-likeness (QED) is 0.507. The number of esters is 1. The normalized spacial score (nSPS) is 8.50. The van der Waals surface area contributed by atoms with E-state index in [1.54, 1.807) is 6.92 Å². The Labute approximate surface area is 72.9 Å². The summed E-state index contributed by atoms with van der Waals surface area (Å²) in [6, 6.07) is 0. The molecule has 0 unspecified atom stereocenters. The first-order valence-corrected chi connectivity index (χ1v) is 3.88. The monoisotopic (exact) mass is 175 g/mol. The first-order chi connectivity index (χ1) is 5.20. The zero-order valence-electron chi connectivity index (χ0n) is 7.76. The summed E-state index contributed by atoms with van der Waals surface area (Å²) in [5, 5.41) is 0. The highest BCUT2D eigenvalue weighted by Crippen LogP contribution is 1.95. The van der Waals surface area contributed by atoms with Gasteiger partial charge in [0.05, 0.1) is 6.61 Å². The van der Waals surface area contributed by atoms with Gasteiger partial charge in [0, 0.05) is 6.42 Å². The van der Waals surface area contributed by atoms with Gasteiger partial charge in [0.2, 0.25) is 0 Å². The molecule has 0 fully saturated rings. The van der Waals surface area contributed by atoms with Gasteiger partial charge in [0.15, 0.2) is 0 Å². The van der Waals surface area contributed by atoms with E-state index in [-0.39, 0.29) is 18.4 Å². The maximum atomic E-state index is 10.8. The molecule has 0 saturated heterocycles. The largest absolute Gasteiger partial charge is 0.466 e. The molecule has 0 atom stereocenters. The molecule has 4 heteroatoms. The Morgan fingerprint density at radius 3 is 2.25 bits per heavy atom. The Kier molecular flexibility index (Phi) is 9.34. The molecule has 0 aromatic rings. The molecule has 0 aromatic heterocycles. The Morgan fingerprint density at radius 2 is 1.83 bits per heavy atom. The van der Waals surface area contributed by atoms with Gasteiger partial charge in [-0.15, -0.1) is 0 Å². The van der Waals surface area contributed by atoms with E-state index in [1.807, 2.05) is 6.92 Å². The fourth-order valence-electron chi connectivity index (χ4n) is 0.740. The Hall–Kier alpha value is -0.900. The van der Waals surface area contributed by atoms with Gasteiger partial charge in [-0.25, -0.2) is 0 Å². The number of hydrogen-bond acceptors (Lipinski definition) is 4. The summed E-state index contributed by atoms with van der Waals surface area (Å²) in [7, 11) is 0. The fourth-order valence-corrected chi connectivity index (χ4v) is 0.740. The number of ether oxygens (including phenoxy) is 1. The van der Waals surface area contributed by atoms with Gasteiger partial charge in [0.25, 0.3) is 0 Å². The molecule has 0 aliphatic rings. The maximum Gasteiger partial charge on any atom is 0.313 e. The minimum atomic E-state index is -0.411. The van der Waals surface area contributed by atoms with Crippen molar-refractivity contribution in [3.63, 3.8) is 0 Å². The number of carbonyl (C=O) groups excluding carboxylic acids is 2. The number of Topliss-reactive ketones (excluding diaryl/α,β-unsaturated/α-hetero) is 1. The smallest absolute Gasteiger partial charge is 0.313 e. The molecule has 4 nitrogen and oxygen atoms in total. The van der Waals surface area contributed by atoms with Crippen molar-refractivity contribution in [2.24, 2.45) is 0 Å². The molecule has 3 N–H and O–H groups in total. The molecule has 0 aromatic carbocycles. The van der Waals surface area contributed by atoms with Crippen LogP contribution in [0.2, 0.25) is 0 Å². The van der Waals surface area contributed by atoms with Crippen molar-refractivity contribution in [1.29, 1.82) is 0 Å². The number of hydrogen-bond donors (Lipinski definition) is 1. The van der Waals surface area contributed by atoms with Crippen LogP contribution in [-0.4, -0.2) is 18.4 Å². The summed E-state index contributed by atoms with van der Waals surface area (Å²) in [5.74, 6) is -0.447. The lowest BCUT2D eigenvalue weighted by Gasteiger charge is -1.98. The van der Waals surface area contributed by atoms with Crippen LogP contribution in [-0.2, 0) is 14.3 Å². The van der Waals surface area contributed by atoms with Crippen LogP contribution in [0.1, 0.15) is 33.1 Å². The summed E-state index contributed by atoms with van der Waals surface area (Å²) >= 11 is 0. The van der Waals surface area contributed by atoms with Crippen molar-refractivity contribution in [3.8, 4) is 0 Å². The topological polar surface area (TPSA) is 78.4 Å². The molecule has 12 heavy (non-hydrogen) atoms. The van der Waals surface area contributed by atoms with Crippen LogP contribution in [0.5, 0.6) is 0 Å². The Balaban J connectivity index is 0. The number of carbonyl (C=O) groups is 2. The molecular formula is C8H17NO3. The lowest BCUT2D eigenvalue weighted by atomic mass is 10.2. The zero-order chi connectivity index (χ0) is 8.69. The molecule has 0 saturated carbocycles. The second-order valence-corrected chi connectivity index (χ2v) is 2.27. The van der Waals surface area contributed by atoms with E-state index in [0.717, 1.165) is 6.42 Å². The van der Waals surface area contributed by atoms with Gasteiger partial charge in [-0.3, -0.25) is 9.59 Å². The van der Waals surface area contributed by atoms with E-state index < -0.39 is 5.97 Å². The average molecular weight is 175 g/mol. The summed E-state index contributed by atoms with van der Waals surface area (Å²) in [5.41, 5.74) is 0. The minimum Gasteiger partial charge on any atom is -0.466 e. The first-order valence-electron chi connectivity index (χ1n) is 3.88. The molecule has 0 spiro atoms. The molecule has 0 rings (SSSR count). The average Bonchev–Trinajstić information content (AvgIpc) is 1.87. The highest BCUT2D eigenvalue weighted by Gasteiger charge is 2.07. The molecular weight excluding hydrogens is 158 g/mol. The summed E-state index contributed by atoms with van der Waals surface area (Å²) < 4.78 is 4.60. The maximum absolute atomic E-state index is 10.8. The fraction of sp³-hybridized carbons (Fsp3) is 0.750. The van der Waals surface area contributed by atoms with Crippen molar-refractivity contribution in [1.82, 2.24) is 6.15 Å². The predicted octanol–water partition coefficient (Wildman–Crippen LogP) is 1.47. The van der Waals surface area contributed by atoms with E-state index in [2.05, 4.69) is 4.74 Å². The van der Waals surface area contributed by atoms with E-state index >= 15 is 0 Å².